The van der Waals surface area contributed by atoms with Gasteiger partial charge in [0.1, 0.15) is 0 Å². The van der Waals surface area contributed by atoms with Crippen LogP contribution in [0.4, 0.5) is 0 Å². The van der Waals surface area contributed by atoms with E-state index in [1.54, 1.807) is 0 Å². The number of nitrogens with zero attached hydrogens (tertiary/aromatic N) is 1. The average molecular weight is 228 g/mol. The average Bonchev–Trinajstić information content (AvgIpc) is 2.16. The molecule has 1 fully saturated rings. The molecule has 4 nitrogen and oxygen atoms in total. The second kappa shape index (κ2) is 5.64. The molecule has 94 valence electrons. The second-order valence-corrected chi connectivity index (χ2v) is 5.44. The number of carbonyl (C=O) groups is 1. The molecular weight excluding hydrogens is 204 g/mol. The van der Waals surface area contributed by atoms with Crippen molar-refractivity contribution in [2.24, 2.45) is 0 Å². The molecule has 0 spiro atoms. The van der Waals surface area contributed by atoms with Crippen LogP contribution >= 0.6 is 0 Å². The van der Waals surface area contributed by atoms with Gasteiger partial charge in [0.2, 0.25) is 5.91 Å². The molecule has 0 aromatic rings. The first-order chi connectivity index (χ1) is 7.40. The van der Waals surface area contributed by atoms with E-state index in [4.69, 9.17) is 4.74 Å². The van der Waals surface area contributed by atoms with E-state index in [-0.39, 0.29) is 17.5 Å². The van der Waals surface area contributed by atoms with Crippen LogP contribution in [0.5, 0.6) is 0 Å². The van der Waals surface area contributed by atoms with E-state index in [0.717, 1.165) is 13.1 Å². The third kappa shape index (κ3) is 4.49. The Kier molecular flexibility index (Phi) is 4.74. The Morgan fingerprint density at radius 1 is 1.50 bits per heavy atom. The first-order valence-electron chi connectivity index (χ1n) is 6.02. The second-order valence-electron chi connectivity index (χ2n) is 5.44. The Bertz CT molecular complexity index is 236. The maximum atomic E-state index is 11.9. The summed E-state index contributed by atoms with van der Waals surface area (Å²) in [4.78, 5) is 13.8. The highest BCUT2D eigenvalue weighted by molar-refractivity contribution is 5.76. The fourth-order valence-corrected chi connectivity index (χ4v) is 1.79. The van der Waals surface area contributed by atoms with Crippen LogP contribution in [0.15, 0.2) is 0 Å². The van der Waals surface area contributed by atoms with Gasteiger partial charge in [-0.3, -0.25) is 4.79 Å². The quantitative estimate of drug-likeness (QED) is 0.784. The number of hydrogen-bond donors (Lipinski definition) is 1. The zero-order valence-electron chi connectivity index (χ0n) is 10.9. The van der Waals surface area contributed by atoms with Crippen LogP contribution in [0.1, 0.15) is 34.1 Å². The van der Waals surface area contributed by atoms with Gasteiger partial charge in [0, 0.05) is 25.0 Å². The van der Waals surface area contributed by atoms with Gasteiger partial charge in [-0.1, -0.05) is 0 Å². The summed E-state index contributed by atoms with van der Waals surface area (Å²) in [5.74, 6) is 0.229. The van der Waals surface area contributed by atoms with Gasteiger partial charge < -0.3 is 15.0 Å². The van der Waals surface area contributed by atoms with Crippen LogP contribution in [-0.4, -0.2) is 48.7 Å². The number of nitrogens with one attached hydrogen (secondary N) is 1. The largest absolute Gasteiger partial charge is 0.377 e. The van der Waals surface area contributed by atoms with Crippen molar-refractivity contribution in [2.75, 3.05) is 26.3 Å². The van der Waals surface area contributed by atoms with Crippen molar-refractivity contribution >= 4 is 5.91 Å². The molecule has 1 atom stereocenters. The molecule has 16 heavy (non-hydrogen) atoms. The lowest BCUT2D eigenvalue weighted by molar-refractivity contribution is -0.139. The molecule has 1 aliphatic heterocycles. The molecule has 0 unspecified atom stereocenters. The Labute approximate surface area is 98.3 Å². The maximum absolute atomic E-state index is 11.9. The molecule has 1 rings (SSSR count). The first-order valence-corrected chi connectivity index (χ1v) is 6.02. The van der Waals surface area contributed by atoms with Crippen LogP contribution in [0, 0.1) is 0 Å². The summed E-state index contributed by atoms with van der Waals surface area (Å²) in [6.45, 7) is 11.2. The van der Waals surface area contributed by atoms with Crippen LogP contribution in [0.3, 0.4) is 0 Å². The Hall–Kier alpha value is -0.610. The highest BCUT2D eigenvalue weighted by Crippen LogP contribution is 2.08. The van der Waals surface area contributed by atoms with Crippen molar-refractivity contribution in [3.63, 3.8) is 0 Å². The number of rotatable bonds is 3. The third-order valence-corrected chi connectivity index (χ3v) is 2.68. The van der Waals surface area contributed by atoms with Crippen LogP contribution in [-0.2, 0) is 9.53 Å². The van der Waals surface area contributed by atoms with Gasteiger partial charge in [0.15, 0.2) is 0 Å². The number of carbonyl (C=O) groups excluding carboxylic acids is 1. The minimum atomic E-state index is 0.0803. The van der Waals surface area contributed by atoms with Gasteiger partial charge in [-0.2, -0.15) is 0 Å². The van der Waals surface area contributed by atoms with E-state index < -0.39 is 0 Å². The highest BCUT2D eigenvalue weighted by atomic mass is 16.5. The fourth-order valence-electron chi connectivity index (χ4n) is 1.79. The zero-order chi connectivity index (χ0) is 12.2. The Balaban J connectivity index is 2.29. The molecule has 0 radical (unpaired) electrons. The predicted molar refractivity (Wildman–Crippen MR) is 64.4 cm³/mol. The van der Waals surface area contributed by atoms with Gasteiger partial charge in [0.05, 0.1) is 19.3 Å². The van der Waals surface area contributed by atoms with E-state index in [2.05, 4.69) is 26.1 Å². The Morgan fingerprint density at radius 2 is 2.19 bits per heavy atom. The van der Waals surface area contributed by atoms with Gasteiger partial charge in [0.25, 0.3) is 0 Å². The maximum Gasteiger partial charge on any atom is 0.224 e. The van der Waals surface area contributed by atoms with Crippen molar-refractivity contribution in [3.8, 4) is 0 Å². The number of morpholine rings is 1. The van der Waals surface area contributed by atoms with E-state index >= 15 is 0 Å². The Morgan fingerprint density at radius 3 is 2.75 bits per heavy atom. The summed E-state index contributed by atoms with van der Waals surface area (Å²) in [5.41, 5.74) is 0.0803. The molecule has 1 amide bonds. The molecular formula is C12H24N2O2. The van der Waals surface area contributed by atoms with E-state index in [9.17, 15) is 4.79 Å². The topological polar surface area (TPSA) is 41.6 Å². The van der Waals surface area contributed by atoms with Crippen LogP contribution < -0.4 is 5.32 Å². The minimum Gasteiger partial charge on any atom is -0.377 e. The molecule has 1 aliphatic rings. The summed E-state index contributed by atoms with van der Waals surface area (Å²) in [6, 6.07) is 0.218. The molecule has 0 bridgehead atoms. The van der Waals surface area contributed by atoms with E-state index in [1.165, 1.54) is 0 Å². The molecule has 0 saturated carbocycles. The number of hydrogen-bond acceptors (Lipinski definition) is 3. The van der Waals surface area contributed by atoms with Gasteiger partial charge >= 0.3 is 0 Å². The molecule has 0 aliphatic carbocycles. The molecule has 4 heteroatoms. The number of amides is 1. The summed E-state index contributed by atoms with van der Waals surface area (Å²) in [6.07, 6.45) is 0.571. The summed E-state index contributed by atoms with van der Waals surface area (Å²) in [7, 11) is 0. The van der Waals surface area contributed by atoms with E-state index in [0.29, 0.717) is 19.6 Å². The predicted octanol–water partition coefficient (Wildman–Crippen LogP) is 1.01. The fraction of sp³-hybridized carbons (Fsp3) is 0.917. The van der Waals surface area contributed by atoms with Crippen molar-refractivity contribution in [2.45, 2.75) is 45.7 Å². The minimum absolute atomic E-state index is 0.0803. The monoisotopic (exact) mass is 228 g/mol. The number of ether oxygens (including phenoxy) is 1. The lowest BCUT2D eigenvalue weighted by Crippen LogP contribution is -2.48. The third-order valence-electron chi connectivity index (χ3n) is 2.68. The van der Waals surface area contributed by atoms with Crippen molar-refractivity contribution in [3.05, 3.63) is 0 Å². The van der Waals surface area contributed by atoms with Crippen molar-refractivity contribution < 1.29 is 9.53 Å². The summed E-state index contributed by atoms with van der Waals surface area (Å²) >= 11 is 0. The summed E-state index contributed by atoms with van der Waals surface area (Å²) < 4.78 is 5.31. The van der Waals surface area contributed by atoms with Gasteiger partial charge in [-0.15, -0.1) is 0 Å². The summed E-state index contributed by atoms with van der Waals surface area (Å²) in [5, 5.41) is 3.33. The first kappa shape index (κ1) is 13.5. The van der Waals surface area contributed by atoms with Gasteiger partial charge in [-0.25, -0.2) is 0 Å². The highest BCUT2D eigenvalue weighted by Gasteiger charge is 2.23. The normalized spacial score (nSPS) is 22.2. The standard InChI is InChI=1S/C12H24N2O2/c1-10-9-16-8-7-14(10)11(15)5-6-13-12(2,3)4/h10,13H,5-9H2,1-4H3/t10-/m1/s1. The van der Waals surface area contributed by atoms with Crippen LogP contribution in [0.2, 0.25) is 0 Å². The van der Waals surface area contributed by atoms with Gasteiger partial charge in [-0.05, 0) is 27.7 Å². The lowest BCUT2D eigenvalue weighted by Gasteiger charge is -2.33. The van der Waals surface area contributed by atoms with Crippen molar-refractivity contribution in [1.82, 2.24) is 10.2 Å². The lowest BCUT2D eigenvalue weighted by atomic mass is 10.1. The molecule has 1 saturated heterocycles. The van der Waals surface area contributed by atoms with E-state index in [1.807, 2.05) is 11.8 Å². The zero-order valence-corrected chi connectivity index (χ0v) is 10.9. The van der Waals surface area contributed by atoms with Crippen molar-refractivity contribution in [1.29, 1.82) is 0 Å². The molecule has 1 heterocycles. The van der Waals surface area contributed by atoms with Crippen LogP contribution in [0.25, 0.3) is 0 Å². The molecule has 0 aromatic heterocycles. The smallest absolute Gasteiger partial charge is 0.224 e. The molecule has 0 aromatic carbocycles. The SMILES string of the molecule is C[C@@H]1COCCN1C(=O)CCNC(C)(C)C. The molecule has 1 N–H and O–H groups in total.